The molecule has 0 aliphatic carbocycles. The minimum absolute atomic E-state index is 0.0106. The van der Waals surface area contributed by atoms with Gasteiger partial charge in [-0.3, -0.25) is 13.9 Å². The average molecular weight is 442 g/mol. The number of halogens is 2. The molecule has 2 aromatic carbocycles. The second-order valence-corrected chi connectivity index (χ2v) is 8.93. The Labute approximate surface area is 174 Å². The van der Waals surface area contributed by atoms with Crippen molar-refractivity contribution in [1.29, 1.82) is 0 Å². The fourth-order valence-corrected chi connectivity index (χ4v) is 4.67. The van der Waals surface area contributed by atoms with E-state index >= 15 is 0 Å². The number of nitrogens with one attached hydrogen (secondary N) is 2. The highest BCUT2D eigenvalue weighted by molar-refractivity contribution is 8.20. The fraction of sp³-hybridized carbons (Fsp3) is 0.350. The van der Waals surface area contributed by atoms with Crippen LogP contribution >= 0.6 is 10.9 Å². The molecule has 2 aromatic rings. The first kappa shape index (κ1) is 22.4. The maximum absolute atomic E-state index is 13.5. The summed E-state index contributed by atoms with van der Waals surface area (Å²) < 4.78 is 52.2. The van der Waals surface area contributed by atoms with Crippen molar-refractivity contribution in [3.8, 4) is 5.75 Å². The lowest BCUT2D eigenvalue weighted by molar-refractivity contribution is -0.120. The number of carbonyl (C=O) groups is 1. The Hall–Kier alpha value is -2.24. The number of carbonyl (C=O) groups excluding carboxylic acids is 1. The highest BCUT2D eigenvalue weighted by Crippen LogP contribution is 2.50. The molecule has 1 aliphatic rings. The predicted octanol–water partition coefficient (Wildman–Crippen LogP) is 2.76. The van der Waals surface area contributed by atoms with Gasteiger partial charge in [0.2, 0.25) is 5.91 Å². The molecule has 3 atom stereocenters. The molecule has 164 valence electrons. The number of fused-ring (bicyclic) bond motifs is 1. The maximum atomic E-state index is 13.5. The third-order valence-electron chi connectivity index (χ3n) is 4.71. The highest BCUT2D eigenvalue weighted by Gasteiger charge is 2.34. The number of benzene rings is 2. The summed E-state index contributed by atoms with van der Waals surface area (Å²) in [7, 11) is -3.29. The van der Waals surface area contributed by atoms with Crippen molar-refractivity contribution in [1.82, 2.24) is 10.6 Å². The summed E-state index contributed by atoms with van der Waals surface area (Å²) in [5.41, 5.74) is 0.995. The van der Waals surface area contributed by atoms with E-state index in [1.165, 1.54) is 6.92 Å². The van der Waals surface area contributed by atoms with Crippen molar-refractivity contribution < 1.29 is 32.0 Å². The van der Waals surface area contributed by atoms with E-state index in [2.05, 4.69) is 10.6 Å². The van der Waals surface area contributed by atoms with Gasteiger partial charge in [0, 0.05) is 25.1 Å². The van der Waals surface area contributed by atoms with Gasteiger partial charge in [-0.05, 0) is 30.2 Å². The number of para-hydroxylation sites is 1. The van der Waals surface area contributed by atoms with E-state index in [1.807, 2.05) is 0 Å². The van der Waals surface area contributed by atoms with Crippen LogP contribution in [-0.2, 0) is 11.2 Å². The van der Waals surface area contributed by atoms with Crippen LogP contribution in [0.5, 0.6) is 5.75 Å². The predicted molar refractivity (Wildman–Crippen MR) is 109 cm³/mol. The Balaban J connectivity index is 1.71. The molecule has 0 saturated carbocycles. The Bertz CT molecular complexity index is 894. The van der Waals surface area contributed by atoms with Gasteiger partial charge in [0.1, 0.15) is 28.3 Å². The van der Waals surface area contributed by atoms with Crippen molar-refractivity contribution >= 4 is 16.8 Å². The summed E-state index contributed by atoms with van der Waals surface area (Å²) in [6, 6.07) is 8.59. The zero-order chi connectivity index (χ0) is 21.9. The largest absolute Gasteiger partial charge is 0.403 e. The Morgan fingerprint density at radius 1 is 1.23 bits per heavy atom. The van der Waals surface area contributed by atoms with Gasteiger partial charge in [-0.1, -0.05) is 18.2 Å². The number of aliphatic hydroxyl groups excluding tert-OH is 1. The van der Waals surface area contributed by atoms with Crippen LogP contribution in [0.3, 0.4) is 0 Å². The van der Waals surface area contributed by atoms with Gasteiger partial charge in [-0.15, -0.1) is 0 Å². The number of aliphatic hydroxyl groups is 1. The molecule has 0 saturated heterocycles. The van der Waals surface area contributed by atoms with Gasteiger partial charge in [0.05, 0.1) is 23.9 Å². The van der Waals surface area contributed by atoms with E-state index in [0.717, 1.165) is 18.2 Å². The summed E-state index contributed by atoms with van der Waals surface area (Å²) in [5.74, 6) is -1.66. The van der Waals surface area contributed by atoms with Crippen LogP contribution in [0.15, 0.2) is 42.5 Å². The minimum Gasteiger partial charge on any atom is -0.403 e. The van der Waals surface area contributed by atoms with Gasteiger partial charge in [0.25, 0.3) is 0 Å². The molecule has 3 unspecified atom stereocenters. The number of hydrogen-bond donors (Lipinski definition) is 5. The van der Waals surface area contributed by atoms with Gasteiger partial charge in [0.15, 0.2) is 0 Å². The lowest BCUT2D eigenvalue weighted by Gasteiger charge is -2.38. The molecule has 3 rings (SSSR count). The van der Waals surface area contributed by atoms with Crippen molar-refractivity contribution in [3.05, 3.63) is 65.2 Å². The van der Waals surface area contributed by atoms with Crippen molar-refractivity contribution in [2.45, 2.75) is 31.5 Å². The molecule has 1 heterocycles. The zero-order valence-electron chi connectivity index (χ0n) is 16.2. The Morgan fingerprint density at radius 3 is 2.57 bits per heavy atom. The smallest absolute Gasteiger partial charge is 0.217 e. The lowest BCUT2D eigenvalue weighted by atomic mass is 10.00. The first-order valence-corrected chi connectivity index (χ1v) is 10.9. The first-order valence-electron chi connectivity index (χ1n) is 9.31. The summed E-state index contributed by atoms with van der Waals surface area (Å²) in [6.07, 6.45) is -1.10. The molecule has 1 amide bonds. The maximum Gasteiger partial charge on any atom is 0.217 e. The highest BCUT2D eigenvalue weighted by atomic mass is 32.3. The summed E-state index contributed by atoms with van der Waals surface area (Å²) >= 11 is 0. The van der Waals surface area contributed by atoms with E-state index in [-0.39, 0.29) is 24.3 Å². The topological polar surface area (TPSA) is 111 Å². The quantitative estimate of drug-likeness (QED) is 0.451. The van der Waals surface area contributed by atoms with E-state index < -0.39 is 46.6 Å². The van der Waals surface area contributed by atoms with Gasteiger partial charge < -0.3 is 19.9 Å². The molecule has 1 aliphatic heterocycles. The van der Waals surface area contributed by atoms with Crippen LogP contribution in [-0.4, -0.2) is 44.6 Å². The molecular formula is C20H24F2N2O5S. The zero-order valence-corrected chi connectivity index (χ0v) is 17.0. The van der Waals surface area contributed by atoms with Crippen LogP contribution in [0.25, 0.3) is 0 Å². The molecule has 10 heteroatoms. The number of amides is 1. The molecular weight excluding hydrogens is 418 g/mol. The number of hydrogen-bond acceptors (Lipinski definition) is 6. The van der Waals surface area contributed by atoms with Crippen LogP contribution < -0.4 is 14.8 Å². The monoisotopic (exact) mass is 442 g/mol. The van der Waals surface area contributed by atoms with Gasteiger partial charge in [-0.25, -0.2) is 8.78 Å². The number of rotatable bonds is 7. The first-order chi connectivity index (χ1) is 14.1. The standard InChI is InChI=1S/C20H24F2N2O5S/c1-12(25)24-17(8-13-6-14(21)9-15(22)7-13)19(26)10-23-18-11-30(27,28)29-20-5-3-2-4-16(18)20/h2-7,9,17-19,23,26-28H,8,10-11H2,1H3,(H,24,25). The van der Waals surface area contributed by atoms with Crippen LogP contribution in [0.4, 0.5) is 8.78 Å². The normalized spacial score (nSPS) is 20.4. The third-order valence-corrected chi connectivity index (χ3v) is 5.92. The molecule has 30 heavy (non-hydrogen) atoms. The fourth-order valence-electron chi connectivity index (χ4n) is 3.43. The van der Waals surface area contributed by atoms with Gasteiger partial charge in [-0.2, -0.15) is 0 Å². The van der Waals surface area contributed by atoms with E-state index in [1.54, 1.807) is 24.3 Å². The summed E-state index contributed by atoms with van der Waals surface area (Å²) in [4.78, 5) is 11.6. The molecule has 0 aromatic heterocycles. The van der Waals surface area contributed by atoms with Gasteiger partial charge >= 0.3 is 0 Å². The second kappa shape index (κ2) is 9.27. The van der Waals surface area contributed by atoms with E-state index in [4.69, 9.17) is 4.18 Å². The molecule has 7 nitrogen and oxygen atoms in total. The second-order valence-electron chi connectivity index (χ2n) is 7.21. The Kier molecular flexibility index (Phi) is 6.94. The third kappa shape index (κ3) is 5.89. The van der Waals surface area contributed by atoms with E-state index in [9.17, 15) is 27.8 Å². The van der Waals surface area contributed by atoms with Crippen LogP contribution in [0.2, 0.25) is 0 Å². The lowest BCUT2D eigenvalue weighted by Crippen LogP contribution is -2.49. The molecule has 0 spiro atoms. The van der Waals surface area contributed by atoms with E-state index in [0.29, 0.717) is 11.3 Å². The SMILES string of the molecule is CC(=O)NC(Cc1cc(F)cc(F)c1)C(O)CNC1CS(O)(O)Oc2ccccc21. The molecule has 5 N–H and O–H groups in total. The molecule has 0 bridgehead atoms. The van der Waals surface area contributed by atoms with Crippen molar-refractivity contribution in [3.63, 3.8) is 0 Å². The summed E-state index contributed by atoms with van der Waals surface area (Å²) in [5, 5.41) is 16.3. The Morgan fingerprint density at radius 2 is 1.90 bits per heavy atom. The minimum atomic E-state index is -3.29. The van der Waals surface area contributed by atoms with Crippen LogP contribution in [0, 0.1) is 11.6 Å². The van der Waals surface area contributed by atoms with Crippen LogP contribution in [0.1, 0.15) is 24.1 Å². The van der Waals surface area contributed by atoms with Crippen molar-refractivity contribution in [2.24, 2.45) is 0 Å². The van der Waals surface area contributed by atoms with Crippen molar-refractivity contribution in [2.75, 3.05) is 12.3 Å². The molecule has 0 radical (unpaired) electrons. The summed E-state index contributed by atoms with van der Waals surface area (Å²) in [6.45, 7) is 1.26. The molecule has 0 fully saturated rings. The average Bonchev–Trinajstić information content (AvgIpc) is 2.63.